The highest BCUT2D eigenvalue weighted by Gasteiger charge is 2.39. The number of nitrogens with two attached hydrogens (primary N) is 2. The van der Waals surface area contributed by atoms with E-state index >= 15 is 0 Å². The molecular weight excluding hydrogens is 433 g/mol. The molecule has 0 bridgehead atoms. The molecule has 3 aromatic rings. The van der Waals surface area contributed by atoms with Crippen molar-refractivity contribution >= 4 is 11.5 Å². The van der Waals surface area contributed by atoms with Crippen LogP contribution in [-0.4, -0.2) is 28.3 Å². The molecular formula is C21H18F5N5O. The number of anilines is 2. The first-order valence-electron chi connectivity index (χ1n) is 9.38. The van der Waals surface area contributed by atoms with Crippen molar-refractivity contribution in [2.75, 3.05) is 11.9 Å². The predicted molar refractivity (Wildman–Crippen MR) is 108 cm³/mol. The lowest BCUT2D eigenvalue weighted by molar-refractivity contribution is -0.137. The van der Waals surface area contributed by atoms with Gasteiger partial charge in [-0.1, -0.05) is 12.1 Å². The lowest BCUT2D eigenvalue weighted by Gasteiger charge is -2.44. The topological polar surface area (TPSA) is 91.6 Å². The van der Waals surface area contributed by atoms with Crippen LogP contribution in [0.4, 0.5) is 33.5 Å². The van der Waals surface area contributed by atoms with Gasteiger partial charge in [0.15, 0.2) is 5.82 Å². The second-order valence-corrected chi connectivity index (χ2v) is 7.30. The van der Waals surface area contributed by atoms with Gasteiger partial charge in [-0.3, -0.25) is 15.5 Å². The first-order chi connectivity index (χ1) is 15.0. The molecule has 5 N–H and O–H groups in total. The van der Waals surface area contributed by atoms with Gasteiger partial charge in [0.1, 0.15) is 23.7 Å². The second-order valence-electron chi connectivity index (χ2n) is 7.30. The third-order valence-electron chi connectivity index (χ3n) is 5.34. The van der Waals surface area contributed by atoms with E-state index in [1.54, 1.807) is 7.05 Å². The normalized spacial score (nSPS) is 19.2. The number of phenolic OH excluding ortho intramolecular Hbond substituents is 1. The lowest BCUT2D eigenvalue weighted by Crippen LogP contribution is -2.57. The molecule has 168 valence electrons. The summed E-state index contributed by atoms with van der Waals surface area (Å²) in [6.45, 7) is 0. The Morgan fingerprint density at radius 2 is 1.72 bits per heavy atom. The number of aromatic hydroxyl groups is 1. The second kappa shape index (κ2) is 7.69. The van der Waals surface area contributed by atoms with Crippen molar-refractivity contribution in [3.63, 3.8) is 0 Å². The van der Waals surface area contributed by atoms with Crippen LogP contribution < -0.4 is 16.4 Å². The minimum atomic E-state index is -4.83. The standard InChI is InChI=1S/C21H18F5N5O/c1-30-18(27)11-6-7-15(17-12(21(24,25)26)3-2-4-13(17)22)29-19(11)31(20(30)28)16-8-5-10(32)9-14(16)23/h2-9,18,20,32H,27-28H2,1H3. The number of benzene rings is 2. The van der Waals surface area contributed by atoms with E-state index in [1.165, 1.54) is 34.1 Å². The van der Waals surface area contributed by atoms with Crippen LogP contribution in [0.3, 0.4) is 0 Å². The van der Waals surface area contributed by atoms with E-state index in [-0.39, 0.29) is 22.9 Å². The summed E-state index contributed by atoms with van der Waals surface area (Å²) in [6, 6.07) is 8.57. The summed E-state index contributed by atoms with van der Waals surface area (Å²) < 4.78 is 69.8. The van der Waals surface area contributed by atoms with Crippen molar-refractivity contribution in [2.45, 2.75) is 18.6 Å². The van der Waals surface area contributed by atoms with Crippen molar-refractivity contribution in [1.29, 1.82) is 0 Å². The van der Waals surface area contributed by atoms with Crippen molar-refractivity contribution in [3.8, 4) is 17.0 Å². The molecule has 2 unspecified atom stereocenters. The SMILES string of the molecule is CN1C(N)c2ccc(-c3c(F)cccc3C(F)(F)F)nc2N(c2ccc(O)cc2F)C1N. The van der Waals surface area contributed by atoms with Gasteiger partial charge in [0.05, 0.1) is 23.1 Å². The largest absolute Gasteiger partial charge is 0.508 e. The van der Waals surface area contributed by atoms with Gasteiger partial charge in [0.2, 0.25) is 0 Å². The van der Waals surface area contributed by atoms with E-state index in [0.717, 1.165) is 24.3 Å². The summed E-state index contributed by atoms with van der Waals surface area (Å²) in [7, 11) is 1.58. The molecule has 0 radical (unpaired) electrons. The smallest absolute Gasteiger partial charge is 0.417 e. The molecule has 0 fully saturated rings. The summed E-state index contributed by atoms with van der Waals surface area (Å²) in [6.07, 6.45) is -6.69. The number of fused-ring (bicyclic) bond motifs is 1. The predicted octanol–water partition coefficient (Wildman–Crippen LogP) is 4.03. The number of halogens is 5. The molecule has 2 atom stereocenters. The Balaban J connectivity index is 1.97. The van der Waals surface area contributed by atoms with Crippen LogP contribution in [0, 0.1) is 11.6 Å². The van der Waals surface area contributed by atoms with Gasteiger partial charge in [-0.05, 0) is 37.4 Å². The lowest BCUT2D eigenvalue weighted by atomic mass is 10.0. The first-order valence-corrected chi connectivity index (χ1v) is 9.38. The van der Waals surface area contributed by atoms with E-state index in [4.69, 9.17) is 11.5 Å². The molecule has 32 heavy (non-hydrogen) atoms. The van der Waals surface area contributed by atoms with E-state index < -0.39 is 41.4 Å². The Hall–Kier alpha value is -3.28. The highest BCUT2D eigenvalue weighted by atomic mass is 19.4. The molecule has 0 saturated carbocycles. The molecule has 6 nitrogen and oxygen atoms in total. The van der Waals surface area contributed by atoms with Gasteiger partial charge in [0, 0.05) is 17.2 Å². The number of hydrogen-bond acceptors (Lipinski definition) is 6. The number of alkyl halides is 3. The fourth-order valence-corrected chi connectivity index (χ4v) is 3.68. The minimum Gasteiger partial charge on any atom is -0.508 e. The molecule has 0 spiro atoms. The third-order valence-corrected chi connectivity index (χ3v) is 5.34. The van der Waals surface area contributed by atoms with E-state index in [1.807, 2.05) is 0 Å². The average molecular weight is 451 g/mol. The minimum absolute atomic E-state index is 0.0263. The van der Waals surface area contributed by atoms with Crippen molar-refractivity contribution in [3.05, 3.63) is 71.3 Å². The van der Waals surface area contributed by atoms with Crippen molar-refractivity contribution in [1.82, 2.24) is 9.88 Å². The number of aromatic nitrogens is 1. The molecule has 1 aliphatic heterocycles. The Morgan fingerprint density at radius 3 is 2.38 bits per heavy atom. The van der Waals surface area contributed by atoms with Gasteiger partial charge < -0.3 is 10.8 Å². The molecule has 0 saturated heterocycles. The average Bonchev–Trinajstić information content (AvgIpc) is 2.72. The molecule has 11 heteroatoms. The summed E-state index contributed by atoms with van der Waals surface area (Å²) in [5.41, 5.74) is 10.4. The maximum absolute atomic E-state index is 14.7. The van der Waals surface area contributed by atoms with E-state index in [0.29, 0.717) is 5.56 Å². The Labute approximate surface area is 179 Å². The molecule has 0 aliphatic carbocycles. The Bertz CT molecular complexity index is 1190. The van der Waals surface area contributed by atoms with Gasteiger partial charge in [-0.2, -0.15) is 13.2 Å². The number of rotatable bonds is 2. The Morgan fingerprint density at radius 1 is 1.00 bits per heavy atom. The zero-order valence-electron chi connectivity index (χ0n) is 16.6. The summed E-state index contributed by atoms with van der Waals surface area (Å²) in [5, 5.41) is 9.54. The van der Waals surface area contributed by atoms with Crippen LogP contribution in [-0.2, 0) is 6.18 Å². The maximum Gasteiger partial charge on any atom is 0.417 e. The molecule has 1 aromatic heterocycles. The summed E-state index contributed by atoms with van der Waals surface area (Å²) in [5.74, 6) is -2.31. The number of phenols is 1. The van der Waals surface area contributed by atoms with Gasteiger partial charge in [-0.25, -0.2) is 13.8 Å². The van der Waals surface area contributed by atoms with Gasteiger partial charge in [0.25, 0.3) is 0 Å². The maximum atomic E-state index is 14.7. The highest BCUT2D eigenvalue weighted by molar-refractivity contribution is 5.72. The van der Waals surface area contributed by atoms with Crippen molar-refractivity contribution in [2.24, 2.45) is 11.5 Å². The zero-order chi connectivity index (χ0) is 23.4. The van der Waals surface area contributed by atoms with Crippen LogP contribution in [0.5, 0.6) is 5.75 Å². The fraction of sp³-hybridized carbons (Fsp3) is 0.190. The molecule has 1 aliphatic rings. The number of hydrogen-bond donors (Lipinski definition) is 3. The quantitative estimate of drug-likeness (QED) is 0.510. The molecule has 2 aromatic carbocycles. The monoisotopic (exact) mass is 451 g/mol. The van der Waals surface area contributed by atoms with Crippen LogP contribution in [0.15, 0.2) is 48.5 Å². The van der Waals surface area contributed by atoms with Crippen LogP contribution in [0.1, 0.15) is 17.3 Å². The zero-order valence-corrected chi connectivity index (χ0v) is 16.6. The van der Waals surface area contributed by atoms with Crippen LogP contribution in [0.25, 0.3) is 11.3 Å². The molecule has 4 rings (SSSR count). The molecule has 0 amide bonds. The molecule has 2 heterocycles. The fourth-order valence-electron chi connectivity index (χ4n) is 3.68. The highest BCUT2D eigenvalue weighted by Crippen LogP contribution is 2.43. The van der Waals surface area contributed by atoms with Gasteiger partial charge >= 0.3 is 6.18 Å². The third kappa shape index (κ3) is 3.53. The summed E-state index contributed by atoms with van der Waals surface area (Å²) in [4.78, 5) is 6.97. The van der Waals surface area contributed by atoms with Crippen LogP contribution >= 0.6 is 0 Å². The van der Waals surface area contributed by atoms with Crippen molar-refractivity contribution < 1.29 is 27.1 Å². The van der Waals surface area contributed by atoms with Crippen LogP contribution in [0.2, 0.25) is 0 Å². The van der Waals surface area contributed by atoms with E-state index in [9.17, 15) is 27.1 Å². The Kier molecular flexibility index (Phi) is 5.27. The number of nitrogens with zero attached hydrogens (tertiary/aromatic N) is 3. The number of pyridine rings is 1. The van der Waals surface area contributed by atoms with Gasteiger partial charge in [-0.15, -0.1) is 0 Å². The first kappa shape index (κ1) is 21.9. The van der Waals surface area contributed by atoms with E-state index in [2.05, 4.69) is 4.98 Å². The summed E-state index contributed by atoms with van der Waals surface area (Å²) >= 11 is 0.